The normalized spacial score (nSPS) is 12.1. The predicted octanol–water partition coefficient (Wildman–Crippen LogP) is 6.06. The Kier molecular flexibility index (Phi) is 6.42. The predicted molar refractivity (Wildman–Crippen MR) is 137 cm³/mol. The van der Waals surface area contributed by atoms with E-state index in [9.17, 15) is 4.79 Å². The number of fused-ring (bicyclic) bond motifs is 2. The number of nitrogens with zero attached hydrogens (tertiary/aromatic N) is 4. The summed E-state index contributed by atoms with van der Waals surface area (Å²) in [5, 5.41) is 9.46. The van der Waals surface area contributed by atoms with E-state index in [-0.39, 0.29) is 11.7 Å². The highest BCUT2D eigenvalue weighted by molar-refractivity contribution is 8.00. The fourth-order valence-corrected chi connectivity index (χ4v) is 5.74. The Labute approximate surface area is 206 Å². The van der Waals surface area contributed by atoms with Crippen LogP contribution in [-0.2, 0) is 11.3 Å². The molecule has 5 rings (SSSR count). The Morgan fingerprint density at radius 3 is 2.32 bits per heavy atom. The van der Waals surface area contributed by atoms with E-state index in [0.717, 1.165) is 26.7 Å². The first-order valence-corrected chi connectivity index (χ1v) is 12.5. The van der Waals surface area contributed by atoms with Crippen LogP contribution < -0.4 is 9.64 Å². The molecule has 34 heavy (non-hydrogen) atoms. The SMILES string of the molecule is C=CCn1c(SCC(=O)N2c3ccccc3Sc3ccccc32)nnc1-c1ccccc1OC. The number of amides is 1. The van der Waals surface area contributed by atoms with Gasteiger partial charge in [0.15, 0.2) is 11.0 Å². The summed E-state index contributed by atoms with van der Waals surface area (Å²) < 4.78 is 7.46. The Morgan fingerprint density at radius 2 is 1.65 bits per heavy atom. The third-order valence-corrected chi connectivity index (χ3v) is 7.46. The van der Waals surface area contributed by atoms with Gasteiger partial charge in [-0.1, -0.05) is 66.0 Å². The van der Waals surface area contributed by atoms with Gasteiger partial charge in [0.1, 0.15) is 5.75 Å². The van der Waals surface area contributed by atoms with Gasteiger partial charge in [-0.05, 0) is 36.4 Å². The molecular formula is C26H22N4O2S2. The molecule has 170 valence electrons. The Bertz CT molecular complexity index is 1320. The molecule has 8 heteroatoms. The molecule has 2 heterocycles. The minimum atomic E-state index is -0.0165. The molecule has 0 saturated heterocycles. The van der Waals surface area contributed by atoms with Crippen LogP contribution in [-0.4, -0.2) is 33.5 Å². The number of anilines is 2. The van der Waals surface area contributed by atoms with E-state index in [2.05, 4.69) is 16.8 Å². The molecule has 0 aliphatic carbocycles. The van der Waals surface area contributed by atoms with Crippen molar-refractivity contribution in [3.8, 4) is 17.1 Å². The summed E-state index contributed by atoms with van der Waals surface area (Å²) >= 11 is 3.05. The van der Waals surface area contributed by atoms with Crippen LogP contribution in [0.25, 0.3) is 11.4 Å². The summed E-state index contributed by atoms with van der Waals surface area (Å²) in [7, 11) is 1.63. The summed E-state index contributed by atoms with van der Waals surface area (Å²) in [5.41, 5.74) is 2.64. The van der Waals surface area contributed by atoms with Crippen molar-refractivity contribution in [1.82, 2.24) is 14.8 Å². The van der Waals surface area contributed by atoms with Gasteiger partial charge in [-0.15, -0.1) is 16.8 Å². The molecular weight excluding hydrogens is 464 g/mol. The average Bonchev–Trinajstić information content (AvgIpc) is 3.28. The number of benzene rings is 3. The van der Waals surface area contributed by atoms with Crippen molar-refractivity contribution in [1.29, 1.82) is 0 Å². The number of thioether (sulfide) groups is 1. The molecule has 1 aromatic heterocycles. The van der Waals surface area contributed by atoms with Crippen molar-refractivity contribution in [2.45, 2.75) is 21.5 Å². The lowest BCUT2D eigenvalue weighted by molar-refractivity contribution is -0.115. The fraction of sp³-hybridized carbons (Fsp3) is 0.115. The summed E-state index contributed by atoms with van der Waals surface area (Å²) in [6, 6.07) is 23.7. The number of rotatable bonds is 7. The maximum Gasteiger partial charge on any atom is 0.242 e. The molecule has 0 N–H and O–H groups in total. The molecule has 0 bridgehead atoms. The molecule has 3 aromatic carbocycles. The van der Waals surface area contributed by atoms with Crippen LogP contribution in [0.1, 0.15) is 0 Å². The molecule has 1 aliphatic rings. The minimum absolute atomic E-state index is 0.0165. The molecule has 0 fully saturated rings. The Morgan fingerprint density at radius 1 is 1.00 bits per heavy atom. The van der Waals surface area contributed by atoms with Gasteiger partial charge in [0, 0.05) is 16.3 Å². The summed E-state index contributed by atoms with van der Waals surface area (Å²) in [5.74, 6) is 1.59. The maximum atomic E-state index is 13.5. The number of para-hydroxylation sites is 3. The van der Waals surface area contributed by atoms with Gasteiger partial charge in [-0.3, -0.25) is 14.3 Å². The van der Waals surface area contributed by atoms with E-state index >= 15 is 0 Å². The van der Waals surface area contributed by atoms with Gasteiger partial charge in [0.2, 0.25) is 5.91 Å². The van der Waals surface area contributed by atoms with E-state index in [1.54, 1.807) is 24.9 Å². The second-order valence-corrected chi connectivity index (χ2v) is 9.49. The van der Waals surface area contributed by atoms with Crippen molar-refractivity contribution in [3.05, 3.63) is 85.5 Å². The highest BCUT2D eigenvalue weighted by Crippen LogP contribution is 2.48. The first-order valence-electron chi connectivity index (χ1n) is 10.7. The molecule has 1 amide bonds. The van der Waals surface area contributed by atoms with Gasteiger partial charge < -0.3 is 4.74 Å². The zero-order valence-electron chi connectivity index (χ0n) is 18.5. The highest BCUT2D eigenvalue weighted by atomic mass is 32.2. The second kappa shape index (κ2) is 9.79. The zero-order chi connectivity index (χ0) is 23.5. The van der Waals surface area contributed by atoms with Gasteiger partial charge in [0.05, 0.1) is 29.8 Å². The smallest absolute Gasteiger partial charge is 0.242 e. The second-order valence-electron chi connectivity index (χ2n) is 7.46. The van der Waals surface area contributed by atoms with Gasteiger partial charge in [-0.2, -0.15) is 0 Å². The molecule has 0 spiro atoms. The number of hydrogen-bond acceptors (Lipinski definition) is 6. The number of hydrogen-bond donors (Lipinski definition) is 0. The molecule has 0 saturated carbocycles. The van der Waals surface area contributed by atoms with Crippen molar-refractivity contribution >= 4 is 40.8 Å². The molecule has 1 aliphatic heterocycles. The van der Waals surface area contributed by atoms with Crippen LogP contribution in [0.4, 0.5) is 11.4 Å². The molecule has 4 aromatic rings. The lowest BCUT2D eigenvalue weighted by Gasteiger charge is -2.30. The number of aromatic nitrogens is 3. The van der Waals surface area contributed by atoms with Crippen LogP contribution in [0, 0.1) is 0 Å². The third kappa shape index (κ3) is 4.10. The Hall–Kier alpha value is -3.49. The van der Waals surface area contributed by atoms with E-state index in [1.165, 1.54) is 11.8 Å². The van der Waals surface area contributed by atoms with Crippen LogP contribution in [0.2, 0.25) is 0 Å². The maximum absolute atomic E-state index is 13.5. The van der Waals surface area contributed by atoms with Crippen molar-refractivity contribution in [2.75, 3.05) is 17.8 Å². The summed E-state index contributed by atoms with van der Waals surface area (Å²) in [6.45, 7) is 4.40. The summed E-state index contributed by atoms with van der Waals surface area (Å²) in [4.78, 5) is 17.5. The van der Waals surface area contributed by atoms with E-state index in [4.69, 9.17) is 4.74 Å². The van der Waals surface area contributed by atoms with Gasteiger partial charge in [-0.25, -0.2) is 0 Å². The largest absolute Gasteiger partial charge is 0.496 e. The lowest BCUT2D eigenvalue weighted by atomic mass is 10.2. The summed E-state index contributed by atoms with van der Waals surface area (Å²) in [6.07, 6.45) is 1.79. The Balaban J connectivity index is 1.44. The topological polar surface area (TPSA) is 60.2 Å². The fourth-order valence-electron chi connectivity index (χ4n) is 3.88. The van der Waals surface area contributed by atoms with E-state index in [0.29, 0.717) is 23.3 Å². The molecule has 0 unspecified atom stereocenters. The number of carbonyl (C=O) groups excluding carboxylic acids is 1. The van der Waals surface area contributed by atoms with Gasteiger partial charge >= 0.3 is 0 Å². The van der Waals surface area contributed by atoms with Crippen LogP contribution >= 0.6 is 23.5 Å². The van der Waals surface area contributed by atoms with Crippen LogP contribution in [0.15, 0.2) is 100 Å². The van der Waals surface area contributed by atoms with Crippen molar-refractivity contribution in [2.24, 2.45) is 0 Å². The van der Waals surface area contributed by atoms with Crippen LogP contribution in [0.3, 0.4) is 0 Å². The number of methoxy groups -OCH3 is 1. The first-order chi connectivity index (χ1) is 16.7. The molecule has 6 nitrogen and oxygen atoms in total. The molecule has 0 radical (unpaired) electrons. The molecule has 0 atom stereocenters. The average molecular weight is 487 g/mol. The van der Waals surface area contributed by atoms with Crippen molar-refractivity contribution < 1.29 is 9.53 Å². The van der Waals surface area contributed by atoms with Gasteiger partial charge in [0.25, 0.3) is 0 Å². The third-order valence-electron chi connectivity index (χ3n) is 5.38. The monoisotopic (exact) mass is 486 g/mol. The number of carbonyl (C=O) groups is 1. The number of allylic oxidation sites excluding steroid dienone is 1. The van der Waals surface area contributed by atoms with E-state index in [1.807, 2.05) is 82.3 Å². The highest BCUT2D eigenvalue weighted by Gasteiger charge is 2.28. The zero-order valence-corrected chi connectivity index (χ0v) is 20.2. The number of ether oxygens (including phenoxy) is 1. The quantitative estimate of drug-likeness (QED) is 0.234. The lowest BCUT2D eigenvalue weighted by Crippen LogP contribution is -2.30. The van der Waals surface area contributed by atoms with E-state index < -0.39 is 0 Å². The minimum Gasteiger partial charge on any atom is -0.496 e. The van der Waals surface area contributed by atoms with Crippen molar-refractivity contribution in [3.63, 3.8) is 0 Å². The standard InChI is InChI=1S/C26H22N4O2S2/c1-3-16-29-25(18-10-4-7-13-21(18)32-2)27-28-26(29)33-17-24(31)30-19-11-5-8-14-22(19)34-23-15-9-6-12-20(23)30/h3-15H,1,16-17H2,2H3. The first kappa shape index (κ1) is 22.3. The van der Waals surface area contributed by atoms with Crippen LogP contribution in [0.5, 0.6) is 5.75 Å².